The molecule has 2 nitrogen and oxygen atoms in total. The van der Waals surface area contributed by atoms with Crippen LogP contribution in [0.25, 0.3) is 0 Å². The van der Waals surface area contributed by atoms with Gasteiger partial charge in [-0.15, -0.1) is 0 Å². The first-order valence-corrected chi connectivity index (χ1v) is 7.33. The standard InChI is InChI=1S/C19H20O2/c1-21-18-14-8-13-17(18)19(20,15-9-4-2-5-10-15)16-11-6-3-7-12-16/h2-7,9-13,18,20H,8,14H2,1H3/t18-/m1/s1. The zero-order valence-corrected chi connectivity index (χ0v) is 12.2. The number of aliphatic hydroxyl groups is 1. The maximum atomic E-state index is 11.6. The van der Waals surface area contributed by atoms with Crippen molar-refractivity contribution in [3.05, 3.63) is 83.4 Å². The van der Waals surface area contributed by atoms with Crippen LogP contribution in [-0.2, 0) is 10.3 Å². The largest absolute Gasteiger partial charge is 0.377 e. The first-order chi connectivity index (χ1) is 10.3. The van der Waals surface area contributed by atoms with Crippen LogP contribution < -0.4 is 0 Å². The molecule has 1 atom stereocenters. The SMILES string of the molecule is CO[C@@H]1CCC=C1C(O)(c1ccccc1)c1ccccc1. The molecule has 2 aromatic rings. The predicted octanol–water partition coefficient (Wildman–Crippen LogP) is 3.66. The molecule has 108 valence electrons. The highest BCUT2D eigenvalue weighted by molar-refractivity contribution is 5.47. The number of allylic oxidation sites excluding steroid dienone is 1. The summed E-state index contributed by atoms with van der Waals surface area (Å²) in [5.41, 5.74) is 1.58. The summed E-state index contributed by atoms with van der Waals surface area (Å²) in [5, 5.41) is 11.6. The summed E-state index contributed by atoms with van der Waals surface area (Å²) in [7, 11) is 1.71. The summed E-state index contributed by atoms with van der Waals surface area (Å²) >= 11 is 0. The molecular formula is C19H20O2. The molecule has 1 N–H and O–H groups in total. The fourth-order valence-corrected chi connectivity index (χ4v) is 3.16. The second kappa shape index (κ2) is 5.84. The second-order valence-corrected chi connectivity index (χ2v) is 5.40. The molecule has 1 aliphatic carbocycles. The Morgan fingerprint density at radius 1 is 0.952 bits per heavy atom. The van der Waals surface area contributed by atoms with Crippen LogP contribution in [0.3, 0.4) is 0 Å². The van der Waals surface area contributed by atoms with Crippen LogP contribution in [-0.4, -0.2) is 18.3 Å². The second-order valence-electron chi connectivity index (χ2n) is 5.40. The molecule has 0 unspecified atom stereocenters. The van der Waals surface area contributed by atoms with Crippen molar-refractivity contribution in [1.29, 1.82) is 0 Å². The van der Waals surface area contributed by atoms with E-state index in [2.05, 4.69) is 6.08 Å². The molecule has 2 heteroatoms. The minimum Gasteiger partial charge on any atom is -0.377 e. The van der Waals surface area contributed by atoms with Gasteiger partial charge < -0.3 is 9.84 Å². The van der Waals surface area contributed by atoms with E-state index >= 15 is 0 Å². The smallest absolute Gasteiger partial charge is 0.139 e. The quantitative estimate of drug-likeness (QED) is 0.866. The molecule has 1 aliphatic rings. The molecule has 0 spiro atoms. The summed E-state index contributed by atoms with van der Waals surface area (Å²) in [5.74, 6) is 0. The normalized spacial score (nSPS) is 18.6. The fraction of sp³-hybridized carbons (Fsp3) is 0.263. The van der Waals surface area contributed by atoms with Crippen molar-refractivity contribution in [3.63, 3.8) is 0 Å². The van der Waals surface area contributed by atoms with E-state index in [4.69, 9.17) is 4.74 Å². The third-order valence-electron chi connectivity index (χ3n) is 4.23. The van der Waals surface area contributed by atoms with Crippen molar-refractivity contribution in [3.8, 4) is 0 Å². The zero-order chi connectivity index (χ0) is 14.7. The lowest BCUT2D eigenvalue weighted by molar-refractivity contribution is 0.0619. The van der Waals surface area contributed by atoms with Crippen molar-refractivity contribution in [2.45, 2.75) is 24.5 Å². The Morgan fingerprint density at radius 3 is 1.95 bits per heavy atom. The number of hydrogen-bond acceptors (Lipinski definition) is 2. The van der Waals surface area contributed by atoms with Gasteiger partial charge in [0.15, 0.2) is 0 Å². The lowest BCUT2D eigenvalue weighted by Crippen LogP contribution is -2.34. The summed E-state index contributed by atoms with van der Waals surface area (Å²) in [6, 6.07) is 19.6. The molecule has 3 rings (SSSR count). The van der Waals surface area contributed by atoms with Crippen LogP contribution >= 0.6 is 0 Å². The summed E-state index contributed by atoms with van der Waals surface area (Å²) in [6.07, 6.45) is 3.95. The van der Waals surface area contributed by atoms with Crippen molar-refractivity contribution < 1.29 is 9.84 Å². The Kier molecular flexibility index (Phi) is 3.91. The highest BCUT2D eigenvalue weighted by Gasteiger charge is 2.41. The van der Waals surface area contributed by atoms with Gasteiger partial charge in [-0.3, -0.25) is 0 Å². The average molecular weight is 280 g/mol. The molecule has 2 aromatic carbocycles. The molecular weight excluding hydrogens is 260 g/mol. The topological polar surface area (TPSA) is 29.5 Å². The Labute approximate surface area is 125 Å². The van der Waals surface area contributed by atoms with Gasteiger partial charge in [-0.1, -0.05) is 66.7 Å². The average Bonchev–Trinajstić information content (AvgIpc) is 3.05. The molecule has 0 heterocycles. The first kappa shape index (κ1) is 14.1. The minimum atomic E-state index is -1.13. The van der Waals surface area contributed by atoms with Crippen LogP contribution in [0.2, 0.25) is 0 Å². The summed E-state index contributed by atoms with van der Waals surface area (Å²) < 4.78 is 5.58. The minimum absolute atomic E-state index is 0.0320. The molecule has 0 fully saturated rings. The van der Waals surface area contributed by atoms with Gasteiger partial charge in [0, 0.05) is 7.11 Å². The van der Waals surface area contributed by atoms with Gasteiger partial charge in [-0.2, -0.15) is 0 Å². The van der Waals surface area contributed by atoms with Crippen molar-refractivity contribution in [1.82, 2.24) is 0 Å². The molecule has 0 aliphatic heterocycles. The van der Waals surface area contributed by atoms with Gasteiger partial charge in [-0.05, 0) is 29.5 Å². The fourth-order valence-electron chi connectivity index (χ4n) is 3.16. The van der Waals surface area contributed by atoms with E-state index in [1.807, 2.05) is 60.7 Å². The Morgan fingerprint density at radius 2 is 1.48 bits per heavy atom. The molecule has 0 radical (unpaired) electrons. The number of benzene rings is 2. The molecule has 0 saturated carbocycles. The third kappa shape index (κ3) is 2.41. The van der Waals surface area contributed by atoms with Crippen molar-refractivity contribution in [2.75, 3.05) is 7.11 Å². The van der Waals surface area contributed by atoms with Gasteiger partial charge in [0.05, 0.1) is 6.10 Å². The van der Waals surface area contributed by atoms with Crippen LogP contribution in [0.15, 0.2) is 72.3 Å². The molecule has 0 bridgehead atoms. The first-order valence-electron chi connectivity index (χ1n) is 7.33. The lowest BCUT2D eigenvalue weighted by Gasteiger charge is -2.34. The van der Waals surface area contributed by atoms with E-state index in [1.165, 1.54) is 0 Å². The van der Waals surface area contributed by atoms with E-state index in [9.17, 15) is 5.11 Å². The maximum Gasteiger partial charge on any atom is 0.139 e. The number of methoxy groups -OCH3 is 1. The third-order valence-corrected chi connectivity index (χ3v) is 4.23. The van der Waals surface area contributed by atoms with Gasteiger partial charge in [0.25, 0.3) is 0 Å². The number of hydrogen-bond donors (Lipinski definition) is 1. The highest BCUT2D eigenvalue weighted by Crippen LogP contribution is 2.42. The Balaban J connectivity index is 2.16. The van der Waals surface area contributed by atoms with Crippen molar-refractivity contribution >= 4 is 0 Å². The molecule has 21 heavy (non-hydrogen) atoms. The molecule has 0 amide bonds. The molecule has 0 aromatic heterocycles. The Hall–Kier alpha value is -1.90. The van der Waals surface area contributed by atoms with Crippen LogP contribution in [0.4, 0.5) is 0 Å². The predicted molar refractivity (Wildman–Crippen MR) is 84.0 cm³/mol. The van der Waals surface area contributed by atoms with Crippen molar-refractivity contribution in [2.24, 2.45) is 0 Å². The van der Waals surface area contributed by atoms with Crippen LogP contribution in [0.1, 0.15) is 24.0 Å². The van der Waals surface area contributed by atoms with E-state index in [0.29, 0.717) is 0 Å². The summed E-state index contributed by atoms with van der Waals surface area (Å²) in [4.78, 5) is 0. The lowest BCUT2D eigenvalue weighted by atomic mass is 9.79. The molecule has 0 saturated heterocycles. The maximum absolute atomic E-state index is 11.6. The monoisotopic (exact) mass is 280 g/mol. The zero-order valence-electron chi connectivity index (χ0n) is 12.2. The van der Waals surface area contributed by atoms with Gasteiger partial charge >= 0.3 is 0 Å². The van der Waals surface area contributed by atoms with E-state index in [1.54, 1.807) is 7.11 Å². The summed E-state index contributed by atoms with van der Waals surface area (Å²) in [6.45, 7) is 0. The van der Waals surface area contributed by atoms with Crippen LogP contribution in [0.5, 0.6) is 0 Å². The van der Waals surface area contributed by atoms with E-state index in [0.717, 1.165) is 29.5 Å². The number of rotatable bonds is 4. The highest BCUT2D eigenvalue weighted by atomic mass is 16.5. The van der Waals surface area contributed by atoms with Gasteiger partial charge in [-0.25, -0.2) is 0 Å². The van der Waals surface area contributed by atoms with Gasteiger partial charge in [0.2, 0.25) is 0 Å². The van der Waals surface area contributed by atoms with E-state index < -0.39 is 5.60 Å². The van der Waals surface area contributed by atoms with Gasteiger partial charge in [0.1, 0.15) is 5.60 Å². The van der Waals surface area contributed by atoms with Crippen LogP contribution in [0, 0.1) is 0 Å². The number of ether oxygens (including phenoxy) is 1. The Bertz CT molecular complexity index is 577. The van der Waals surface area contributed by atoms with E-state index in [-0.39, 0.29) is 6.10 Å².